The van der Waals surface area contributed by atoms with Crippen LogP contribution >= 0.6 is 11.6 Å². The first-order valence-electron chi connectivity index (χ1n) is 9.96. The molecule has 1 amide bonds. The number of carbonyl (C=O) groups excluding carboxylic acids is 1. The van der Waals surface area contributed by atoms with Gasteiger partial charge in [0.2, 0.25) is 10.0 Å². The fourth-order valence-corrected chi connectivity index (χ4v) is 5.58. The molecule has 0 spiro atoms. The number of aromatic nitrogens is 3. The molecule has 0 bridgehead atoms. The Bertz CT molecular complexity index is 1350. The van der Waals surface area contributed by atoms with E-state index in [2.05, 4.69) is 15.6 Å². The number of halogens is 1. The summed E-state index contributed by atoms with van der Waals surface area (Å²) in [5.74, 6) is -0.615. The standard InChI is InChI=1S/C20H19ClN6O5S/c1-13-19(23-24-26(13)15-5-4-6-16(12-15)27(29)30)20(28)22-14-7-8-17(21)18(11-14)33(31,32)25-9-2-3-10-25/h4-8,11-12H,2-3,9-10H2,1H3,(H,22,28). The van der Waals surface area contributed by atoms with Gasteiger partial charge in [0.1, 0.15) is 4.90 Å². The molecule has 0 radical (unpaired) electrons. The van der Waals surface area contributed by atoms with Gasteiger partial charge in [0, 0.05) is 30.9 Å². The summed E-state index contributed by atoms with van der Waals surface area (Å²) in [5.41, 5.74) is 0.818. The van der Waals surface area contributed by atoms with Crippen molar-refractivity contribution in [3.05, 3.63) is 69.0 Å². The van der Waals surface area contributed by atoms with Gasteiger partial charge in [-0.05, 0) is 44.0 Å². The number of amides is 1. The maximum absolute atomic E-state index is 12.9. The molecule has 0 atom stereocenters. The van der Waals surface area contributed by atoms with Gasteiger partial charge in [0.05, 0.1) is 21.3 Å². The van der Waals surface area contributed by atoms with E-state index in [0.29, 0.717) is 24.5 Å². The summed E-state index contributed by atoms with van der Waals surface area (Å²) in [5, 5.41) is 21.5. The number of nitro benzene ring substituents is 1. The Hall–Kier alpha value is -3.35. The average molecular weight is 491 g/mol. The molecule has 1 N–H and O–H groups in total. The maximum Gasteiger partial charge on any atom is 0.278 e. The van der Waals surface area contributed by atoms with Crippen LogP contribution in [0.15, 0.2) is 47.4 Å². The molecule has 1 fully saturated rings. The molecule has 1 aromatic heterocycles. The van der Waals surface area contributed by atoms with Crippen LogP contribution in [0.5, 0.6) is 0 Å². The minimum atomic E-state index is -3.78. The monoisotopic (exact) mass is 490 g/mol. The molecule has 0 saturated carbocycles. The van der Waals surface area contributed by atoms with Crippen molar-refractivity contribution in [2.24, 2.45) is 0 Å². The molecule has 4 rings (SSSR count). The lowest BCUT2D eigenvalue weighted by Crippen LogP contribution is -2.28. The van der Waals surface area contributed by atoms with Crippen molar-refractivity contribution < 1.29 is 18.1 Å². The lowest BCUT2D eigenvalue weighted by atomic mass is 10.2. The third-order valence-electron chi connectivity index (χ3n) is 5.27. The molecular weight excluding hydrogens is 472 g/mol. The minimum absolute atomic E-state index is 0.0135. The van der Waals surface area contributed by atoms with Crippen LogP contribution in [0.3, 0.4) is 0 Å². The van der Waals surface area contributed by atoms with Crippen molar-refractivity contribution in [3.8, 4) is 5.69 Å². The normalized spacial score (nSPS) is 14.4. The Balaban J connectivity index is 1.60. The number of carbonyl (C=O) groups is 1. The molecule has 1 aliphatic heterocycles. The lowest BCUT2D eigenvalue weighted by Gasteiger charge is -2.17. The molecule has 2 aromatic carbocycles. The number of nitrogens with zero attached hydrogens (tertiary/aromatic N) is 5. The van der Waals surface area contributed by atoms with Crippen LogP contribution in [-0.4, -0.2) is 51.6 Å². The predicted molar refractivity (Wildman–Crippen MR) is 120 cm³/mol. The van der Waals surface area contributed by atoms with Gasteiger partial charge in [-0.1, -0.05) is 22.9 Å². The van der Waals surface area contributed by atoms with Crippen molar-refractivity contribution in [2.45, 2.75) is 24.7 Å². The van der Waals surface area contributed by atoms with Crippen molar-refractivity contribution in [1.82, 2.24) is 19.3 Å². The van der Waals surface area contributed by atoms with Gasteiger partial charge in [0.15, 0.2) is 5.69 Å². The van der Waals surface area contributed by atoms with Crippen molar-refractivity contribution in [1.29, 1.82) is 0 Å². The van der Waals surface area contributed by atoms with E-state index in [1.54, 1.807) is 13.0 Å². The van der Waals surface area contributed by atoms with E-state index < -0.39 is 20.9 Å². The largest absolute Gasteiger partial charge is 0.320 e. The van der Waals surface area contributed by atoms with Crippen LogP contribution < -0.4 is 5.32 Å². The summed E-state index contributed by atoms with van der Waals surface area (Å²) in [7, 11) is -3.78. The highest BCUT2D eigenvalue weighted by atomic mass is 35.5. The first-order chi connectivity index (χ1) is 15.7. The van der Waals surface area contributed by atoms with E-state index in [1.165, 1.54) is 45.4 Å². The second-order valence-corrected chi connectivity index (χ2v) is 9.74. The Morgan fingerprint density at radius 1 is 1.18 bits per heavy atom. The van der Waals surface area contributed by atoms with Crippen molar-refractivity contribution >= 4 is 38.9 Å². The Kier molecular flexibility index (Phi) is 6.15. The van der Waals surface area contributed by atoms with Crippen LogP contribution in [-0.2, 0) is 10.0 Å². The van der Waals surface area contributed by atoms with E-state index in [0.717, 1.165) is 12.8 Å². The van der Waals surface area contributed by atoms with Crippen molar-refractivity contribution in [3.63, 3.8) is 0 Å². The highest BCUT2D eigenvalue weighted by Gasteiger charge is 2.29. The summed E-state index contributed by atoms with van der Waals surface area (Å²) < 4.78 is 28.5. The third-order valence-corrected chi connectivity index (χ3v) is 7.65. The number of nitrogens with one attached hydrogen (secondary N) is 1. The van der Waals surface area contributed by atoms with E-state index in [-0.39, 0.29) is 27.0 Å². The summed E-state index contributed by atoms with van der Waals surface area (Å²) in [6, 6.07) is 9.98. The number of non-ortho nitro benzene ring substituents is 1. The van der Waals surface area contributed by atoms with Crippen LogP contribution in [0.2, 0.25) is 5.02 Å². The zero-order valence-corrected chi connectivity index (χ0v) is 19.0. The third kappa shape index (κ3) is 4.45. The SMILES string of the molecule is Cc1c(C(=O)Nc2ccc(Cl)c(S(=O)(=O)N3CCCC3)c2)nnn1-c1cccc([N+](=O)[O-])c1. The molecule has 1 aliphatic rings. The molecule has 33 heavy (non-hydrogen) atoms. The fraction of sp³-hybridized carbons (Fsp3) is 0.250. The predicted octanol–water partition coefficient (Wildman–Crippen LogP) is 3.17. The van der Waals surface area contributed by atoms with Gasteiger partial charge in [0.25, 0.3) is 11.6 Å². The summed E-state index contributed by atoms with van der Waals surface area (Å²) >= 11 is 6.15. The minimum Gasteiger partial charge on any atom is -0.320 e. The average Bonchev–Trinajstić information content (AvgIpc) is 3.45. The molecule has 11 nitrogen and oxygen atoms in total. The summed E-state index contributed by atoms with van der Waals surface area (Å²) in [6.45, 7) is 2.45. The van der Waals surface area contributed by atoms with Crippen LogP contribution in [0, 0.1) is 17.0 Å². The highest BCUT2D eigenvalue weighted by Crippen LogP contribution is 2.30. The van der Waals surface area contributed by atoms with Gasteiger partial charge >= 0.3 is 0 Å². The van der Waals surface area contributed by atoms with Crippen molar-refractivity contribution in [2.75, 3.05) is 18.4 Å². The smallest absolute Gasteiger partial charge is 0.278 e. The van der Waals surface area contributed by atoms with Gasteiger partial charge in [-0.2, -0.15) is 4.31 Å². The first-order valence-corrected chi connectivity index (χ1v) is 11.8. The Morgan fingerprint density at radius 3 is 2.61 bits per heavy atom. The van der Waals surface area contributed by atoms with Gasteiger partial charge < -0.3 is 5.32 Å². The fourth-order valence-electron chi connectivity index (χ4n) is 3.56. The molecule has 3 aromatic rings. The Morgan fingerprint density at radius 2 is 1.91 bits per heavy atom. The zero-order chi connectivity index (χ0) is 23.8. The number of anilines is 1. The van der Waals surface area contributed by atoms with E-state index >= 15 is 0 Å². The molecule has 172 valence electrons. The summed E-state index contributed by atoms with van der Waals surface area (Å²) in [4.78, 5) is 23.2. The number of benzene rings is 2. The number of hydrogen-bond acceptors (Lipinski definition) is 7. The van der Waals surface area contributed by atoms with E-state index in [1.807, 2.05) is 0 Å². The quantitative estimate of drug-likeness (QED) is 0.413. The Labute approximate surface area is 194 Å². The van der Waals surface area contributed by atoms with Gasteiger partial charge in [-0.15, -0.1) is 5.10 Å². The molecule has 0 unspecified atom stereocenters. The molecule has 2 heterocycles. The molecule has 1 saturated heterocycles. The zero-order valence-electron chi connectivity index (χ0n) is 17.4. The number of nitro groups is 1. The lowest BCUT2D eigenvalue weighted by molar-refractivity contribution is -0.384. The number of hydrogen-bond donors (Lipinski definition) is 1. The van der Waals surface area contributed by atoms with E-state index in [4.69, 9.17) is 11.6 Å². The van der Waals surface area contributed by atoms with Gasteiger partial charge in [-0.25, -0.2) is 13.1 Å². The maximum atomic E-state index is 12.9. The number of sulfonamides is 1. The first kappa shape index (κ1) is 22.8. The van der Waals surface area contributed by atoms with Gasteiger partial charge in [-0.3, -0.25) is 14.9 Å². The topological polar surface area (TPSA) is 140 Å². The molecular formula is C20H19ClN6O5S. The van der Waals surface area contributed by atoms with Crippen LogP contribution in [0.4, 0.5) is 11.4 Å². The second-order valence-electron chi connectivity index (χ2n) is 7.42. The number of rotatable bonds is 6. The molecule has 13 heteroatoms. The van der Waals surface area contributed by atoms with Crippen LogP contribution in [0.25, 0.3) is 5.69 Å². The molecule has 0 aliphatic carbocycles. The summed E-state index contributed by atoms with van der Waals surface area (Å²) in [6.07, 6.45) is 1.57. The highest BCUT2D eigenvalue weighted by molar-refractivity contribution is 7.89. The second kappa shape index (κ2) is 8.89. The van der Waals surface area contributed by atoms with E-state index in [9.17, 15) is 23.3 Å². The van der Waals surface area contributed by atoms with Crippen LogP contribution in [0.1, 0.15) is 29.0 Å².